The zero-order valence-corrected chi connectivity index (χ0v) is 9.68. The molecule has 4 heteroatoms. The molecule has 1 heterocycles. The van der Waals surface area contributed by atoms with Crippen molar-refractivity contribution in [3.63, 3.8) is 0 Å². The van der Waals surface area contributed by atoms with Crippen molar-refractivity contribution in [1.82, 2.24) is 10.2 Å². The number of ether oxygens (including phenoxy) is 1. The zero-order chi connectivity index (χ0) is 12.3. The van der Waals surface area contributed by atoms with Crippen molar-refractivity contribution >= 4 is 5.97 Å². The molecule has 0 bridgehead atoms. The van der Waals surface area contributed by atoms with E-state index in [0.717, 1.165) is 17.0 Å². The zero-order valence-electron chi connectivity index (χ0n) is 9.68. The average molecular weight is 228 g/mol. The molecule has 4 nitrogen and oxygen atoms in total. The Morgan fingerprint density at radius 3 is 2.29 bits per heavy atom. The van der Waals surface area contributed by atoms with Crippen LogP contribution in [0.1, 0.15) is 16.1 Å². The molecule has 1 aromatic carbocycles. The van der Waals surface area contributed by atoms with Gasteiger partial charge in [0.25, 0.3) is 0 Å². The van der Waals surface area contributed by atoms with Crippen LogP contribution in [0.2, 0.25) is 0 Å². The average Bonchev–Trinajstić information content (AvgIpc) is 2.39. The van der Waals surface area contributed by atoms with Gasteiger partial charge < -0.3 is 4.74 Å². The molecule has 0 fully saturated rings. The van der Waals surface area contributed by atoms with Crippen LogP contribution in [0.25, 0.3) is 11.3 Å². The Balaban J connectivity index is 2.29. The van der Waals surface area contributed by atoms with Crippen molar-refractivity contribution in [2.75, 3.05) is 7.11 Å². The highest BCUT2D eigenvalue weighted by Gasteiger charge is 2.05. The lowest BCUT2D eigenvalue weighted by atomic mass is 10.1. The van der Waals surface area contributed by atoms with E-state index in [0.29, 0.717) is 5.56 Å². The predicted octanol–water partition coefficient (Wildman–Crippen LogP) is 2.24. The standard InChI is InChI=1S/C13H12N2O2/c1-9-3-8-12(15-14-9)10-4-6-11(7-5-10)13(16)17-2/h3-8H,1-2H3. The summed E-state index contributed by atoms with van der Waals surface area (Å²) < 4.78 is 4.63. The van der Waals surface area contributed by atoms with Crippen molar-refractivity contribution in [3.05, 3.63) is 47.7 Å². The first-order valence-corrected chi connectivity index (χ1v) is 5.20. The molecule has 1 aromatic heterocycles. The normalized spacial score (nSPS) is 10.0. The van der Waals surface area contributed by atoms with Gasteiger partial charge in [-0.15, -0.1) is 0 Å². The van der Waals surface area contributed by atoms with Crippen LogP contribution >= 0.6 is 0 Å². The van der Waals surface area contributed by atoms with E-state index in [-0.39, 0.29) is 5.97 Å². The van der Waals surface area contributed by atoms with Crippen LogP contribution in [-0.2, 0) is 4.74 Å². The number of carbonyl (C=O) groups is 1. The number of methoxy groups -OCH3 is 1. The minimum atomic E-state index is -0.341. The summed E-state index contributed by atoms with van der Waals surface area (Å²) in [6.45, 7) is 1.89. The highest BCUT2D eigenvalue weighted by atomic mass is 16.5. The number of aromatic nitrogens is 2. The molecule has 0 spiro atoms. The fraction of sp³-hybridized carbons (Fsp3) is 0.154. The molecule has 0 saturated carbocycles. The Morgan fingerprint density at radius 1 is 1.06 bits per heavy atom. The molecule has 0 amide bonds. The molecular formula is C13H12N2O2. The van der Waals surface area contributed by atoms with Crippen LogP contribution in [0, 0.1) is 6.92 Å². The molecule has 0 N–H and O–H groups in total. The maximum absolute atomic E-state index is 11.3. The van der Waals surface area contributed by atoms with E-state index in [2.05, 4.69) is 14.9 Å². The van der Waals surface area contributed by atoms with Crippen LogP contribution in [0.5, 0.6) is 0 Å². The van der Waals surface area contributed by atoms with Crippen molar-refractivity contribution in [1.29, 1.82) is 0 Å². The summed E-state index contributed by atoms with van der Waals surface area (Å²) in [7, 11) is 1.36. The fourth-order valence-corrected chi connectivity index (χ4v) is 1.45. The summed E-state index contributed by atoms with van der Waals surface area (Å²) >= 11 is 0. The van der Waals surface area contributed by atoms with Crippen molar-refractivity contribution in [2.45, 2.75) is 6.92 Å². The summed E-state index contributed by atoms with van der Waals surface area (Å²) in [5.41, 5.74) is 3.11. The van der Waals surface area contributed by atoms with Gasteiger partial charge in [-0.1, -0.05) is 12.1 Å². The van der Waals surface area contributed by atoms with Crippen molar-refractivity contribution < 1.29 is 9.53 Å². The Hall–Kier alpha value is -2.23. The molecule has 2 rings (SSSR count). The van der Waals surface area contributed by atoms with Crippen LogP contribution in [0.3, 0.4) is 0 Å². The molecule has 0 saturated heterocycles. The Kier molecular flexibility index (Phi) is 3.14. The first-order valence-electron chi connectivity index (χ1n) is 5.20. The molecule has 0 radical (unpaired) electrons. The summed E-state index contributed by atoms with van der Waals surface area (Å²) in [5, 5.41) is 8.06. The van der Waals surface area contributed by atoms with Gasteiger partial charge in [-0.2, -0.15) is 10.2 Å². The summed E-state index contributed by atoms with van der Waals surface area (Å²) in [5.74, 6) is -0.341. The lowest BCUT2D eigenvalue weighted by Gasteiger charge is -2.02. The summed E-state index contributed by atoms with van der Waals surface area (Å²) in [6, 6.07) is 10.9. The number of aryl methyl sites for hydroxylation is 1. The van der Waals surface area contributed by atoms with Crippen LogP contribution in [0.4, 0.5) is 0 Å². The van der Waals surface area contributed by atoms with Gasteiger partial charge in [-0.25, -0.2) is 4.79 Å². The molecule has 0 aliphatic rings. The number of esters is 1. The van der Waals surface area contributed by atoms with Gasteiger partial charge in [0.15, 0.2) is 0 Å². The first kappa shape index (κ1) is 11.3. The van der Waals surface area contributed by atoms with Gasteiger partial charge in [-0.3, -0.25) is 0 Å². The Bertz CT molecular complexity index is 518. The molecule has 2 aromatic rings. The number of benzene rings is 1. The monoisotopic (exact) mass is 228 g/mol. The molecule has 86 valence electrons. The van der Waals surface area contributed by atoms with Crippen molar-refractivity contribution in [3.8, 4) is 11.3 Å². The minimum absolute atomic E-state index is 0.341. The second kappa shape index (κ2) is 4.74. The van der Waals surface area contributed by atoms with E-state index < -0.39 is 0 Å². The van der Waals surface area contributed by atoms with Gasteiger partial charge in [0.05, 0.1) is 24.1 Å². The van der Waals surface area contributed by atoms with E-state index in [9.17, 15) is 4.79 Å². The minimum Gasteiger partial charge on any atom is -0.465 e. The second-order valence-electron chi connectivity index (χ2n) is 3.63. The summed E-state index contributed by atoms with van der Waals surface area (Å²) in [6.07, 6.45) is 0. The number of nitrogens with zero attached hydrogens (tertiary/aromatic N) is 2. The Morgan fingerprint density at radius 2 is 1.76 bits per heavy atom. The van der Waals surface area contributed by atoms with Crippen LogP contribution in [0.15, 0.2) is 36.4 Å². The SMILES string of the molecule is COC(=O)c1ccc(-c2ccc(C)nn2)cc1. The smallest absolute Gasteiger partial charge is 0.337 e. The molecule has 0 aliphatic heterocycles. The third kappa shape index (κ3) is 2.47. The highest BCUT2D eigenvalue weighted by Crippen LogP contribution is 2.17. The second-order valence-corrected chi connectivity index (χ2v) is 3.63. The molecule has 0 aliphatic carbocycles. The number of hydrogen-bond acceptors (Lipinski definition) is 4. The lowest BCUT2D eigenvalue weighted by molar-refractivity contribution is 0.0601. The van der Waals surface area contributed by atoms with E-state index in [4.69, 9.17) is 0 Å². The number of rotatable bonds is 2. The fourth-order valence-electron chi connectivity index (χ4n) is 1.45. The van der Waals surface area contributed by atoms with Gasteiger partial charge in [0.2, 0.25) is 0 Å². The van der Waals surface area contributed by atoms with Gasteiger partial charge in [0, 0.05) is 5.56 Å². The highest BCUT2D eigenvalue weighted by molar-refractivity contribution is 5.89. The Labute approximate surface area is 99.3 Å². The maximum Gasteiger partial charge on any atom is 0.337 e. The molecule has 0 unspecified atom stereocenters. The quantitative estimate of drug-likeness (QED) is 0.740. The largest absolute Gasteiger partial charge is 0.465 e. The lowest BCUT2D eigenvalue weighted by Crippen LogP contribution is -2.00. The van der Waals surface area contributed by atoms with E-state index in [1.165, 1.54) is 7.11 Å². The van der Waals surface area contributed by atoms with E-state index >= 15 is 0 Å². The molecular weight excluding hydrogens is 216 g/mol. The first-order chi connectivity index (χ1) is 8.20. The topological polar surface area (TPSA) is 52.1 Å². The van der Waals surface area contributed by atoms with E-state index in [1.807, 2.05) is 31.2 Å². The number of carbonyl (C=O) groups excluding carboxylic acids is 1. The van der Waals surface area contributed by atoms with Crippen LogP contribution < -0.4 is 0 Å². The van der Waals surface area contributed by atoms with Gasteiger partial charge in [-0.05, 0) is 31.2 Å². The number of hydrogen-bond donors (Lipinski definition) is 0. The van der Waals surface area contributed by atoms with Crippen LogP contribution in [-0.4, -0.2) is 23.3 Å². The van der Waals surface area contributed by atoms with Crippen molar-refractivity contribution in [2.24, 2.45) is 0 Å². The van der Waals surface area contributed by atoms with Gasteiger partial charge in [0.1, 0.15) is 0 Å². The maximum atomic E-state index is 11.3. The molecule has 0 atom stereocenters. The van der Waals surface area contributed by atoms with E-state index in [1.54, 1.807) is 12.1 Å². The predicted molar refractivity (Wildman–Crippen MR) is 63.5 cm³/mol. The third-order valence-corrected chi connectivity index (χ3v) is 2.40. The molecule has 17 heavy (non-hydrogen) atoms. The van der Waals surface area contributed by atoms with Gasteiger partial charge >= 0.3 is 5.97 Å². The summed E-state index contributed by atoms with van der Waals surface area (Å²) in [4.78, 5) is 11.3. The third-order valence-electron chi connectivity index (χ3n) is 2.40.